The minimum absolute atomic E-state index is 0.110. The minimum atomic E-state index is -0.110. The topological polar surface area (TPSA) is 76.4 Å². The van der Waals surface area contributed by atoms with Gasteiger partial charge < -0.3 is 21.1 Å². The van der Waals surface area contributed by atoms with Crippen LogP contribution in [0.5, 0.6) is 0 Å². The molecular weight excluding hydrogens is 218 g/mol. The van der Waals surface area contributed by atoms with E-state index < -0.39 is 0 Å². The number of carbonyl (C=O) groups is 1. The largest absolute Gasteiger partial charge is 0.376 e. The molecule has 4 N–H and O–H groups in total. The first-order valence-electron chi connectivity index (χ1n) is 6.61. The third-order valence-corrected chi connectivity index (χ3v) is 3.00. The van der Waals surface area contributed by atoms with E-state index in [1.54, 1.807) is 0 Å². The van der Waals surface area contributed by atoms with Crippen LogP contribution < -0.4 is 16.4 Å². The van der Waals surface area contributed by atoms with Gasteiger partial charge in [-0.3, -0.25) is 0 Å². The molecule has 0 aromatic heterocycles. The van der Waals surface area contributed by atoms with Crippen LogP contribution in [0, 0.1) is 0 Å². The van der Waals surface area contributed by atoms with Crippen molar-refractivity contribution in [3.05, 3.63) is 0 Å². The summed E-state index contributed by atoms with van der Waals surface area (Å²) in [7, 11) is 0. The first kappa shape index (κ1) is 14.3. The Morgan fingerprint density at radius 2 is 1.88 bits per heavy atom. The minimum Gasteiger partial charge on any atom is -0.376 e. The highest BCUT2D eigenvalue weighted by molar-refractivity contribution is 5.73. The van der Waals surface area contributed by atoms with Gasteiger partial charge in [0.05, 0.1) is 12.7 Å². The Labute approximate surface area is 103 Å². The van der Waals surface area contributed by atoms with Crippen molar-refractivity contribution in [2.45, 2.75) is 51.2 Å². The fourth-order valence-electron chi connectivity index (χ4n) is 1.95. The van der Waals surface area contributed by atoms with Crippen LogP contribution in [0.1, 0.15) is 39.0 Å². The van der Waals surface area contributed by atoms with Crippen LogP contribution in [0.4, 0.5) is 4.79 Å². The summed E-state index contributed by atoms with van der Waals surface area (Å²) in [6.07, 6.45) is 5.47. The number of nitrogens with two attached hydrogens (primary N) is 1. The van der Waals surface area contributed by atoms with E-state index in [4.69, 9.17) is 10.5 Å². The summed E-state index contributed by atoms with van der Waals surface area (Å²) in [6, 6.07) is 0.244. The van der Waals surface area contributed by atoms with Crippen LogP contribution in [0.15, 0.2) is 0 Å². The molecular formula is C12H25N3O2. The molecule has 1 rings (SSSR count). The zero-order valence-corrected chi connectivity index (χ0v) is 10.7. The lowest BCUT2D eigenvalue weighted by Crippen LogP contribution is -2.38. The number of carbonyl (C=O) groups excluding carboxylic acids is 1. The van der Waals surface area contributed by atoms with Gasteiger partial charge in [0.25, 0.3) is 0 Å². The number of nitrogens with one attached hydrogen (secondary N) is 2. The van der Waals surface area contributed by atoms with Gasteiger partial charge in [-0.2, -0.15) is 0 Å². The second-order valence-corrected chi connectivity index (χ2v) is 4.59. The van der Waals surface area contributed by atoms with Crippen LogP contribution in [0.25, 0.3) is 0 Å². The van der Waals surface area contributed by atoms with Crippen molar-refractivity contribution in [1.82, 2.24) is 10.6 Å². The van der Waals surface area contributed by atoms with E-state index in [1.165, 1.54) is 0 Å². The lowest BCUT2D eigenvalue weighted by molar-refractivity contribution is 0.0278. The Kier molecular flexibility index (Phi) is 6.96. The van der Waals surface area contributed by atoms with Crippen molar-refractivity contribution in [1.29, 1.82) is 0 Å². The average molecular weight is 243 g/mol. The average Bonchev–Trinajstić information content (AvgIpc) is 2.34. The lowest BCUT2D eigenvalue weighted by Gasteiger charge is -2.26. The quantitative estimate of drug-likeness (QED) is 0.609. The van der Waals surface area contributed by atoms with Crippen LogP contribution >= 0.6 is 0 Å². The van der Waals surface area contributed by atoms with E-state index in [0.717, 1.165) is 32.1 Å². The molecule has 0 bridgehead atoms. The molecule has 0 spiro atoms. The molecule has 0 saturated heterocycles. The molecule has 1 aliphatic carbocycles. The van der Waals surface area contributed by atoms with Gasteiger partial charge in [-0.15, -0.1) is 0 Å². The molecule has 5 nitrogen and oxygen atoms in total. The molecule has 1 aliphatic rings. The Bertz CT molecular complexity index is 216. The number of hydrogen-bond acceptors (Lipinski definition) is 3. The zero-order chi connectivity index (χ0) is 12.5. The Morgan fingerprint density at radius 1 is 1.24 bits per heavy atom. The summed E-state index contributed by atoms with van der Waals surface area (Å²) in [6.45, 7) is 3.89. The van der Waals surface area contributed by atoms with Crippen LogP contribution in [0.3, 0.4) is 0 Å². The summed E-state index contributed by atoms with van der Waals surface area (Å²) in [5, 5.41) is 5.52. The smallest absolute Gasteiger partial charge is 0.314 e. The van der Waals surface area contributed by atoms with Gasteiger partial charge in [0.15, 0.2) is 0 Å². The molecule has 100 valence electrons. The van der Waals surface area contributed by atoms with Gasteiger partial charge >= 0.3 is 6.03 Å². The van der Waals surface area contributed by atoms with Gasteiger partial charge in [0, 0.05) is 19.1 Å². The van der Waals surface area contributed by atoms with E-state index >= 15 is 0 Å². The summed E-state index contributed by atoms with van der Waals surface area (Å²) < 4.78 is 5.69. The summed E-state index contributed by atoms with van der Waals surface area (Å²) in [5.74, 6) is 0. The van der Waals surface area contributed by atoms with Gasteiger partial charge in [-0.1, -0.05) is 6.92 Å². The lowest BCUT2D eigenvalue weighted by atomic mass is 9.94. The molecule has 0 atom stereocenters. The highest BCUT2D eigenvalue weighted by atomic mass is 16.5. The van der Waals surface area contributed by atoms with E-state index in [-0.39, 0.29) is 6.03 Å². The van der Waals surface area contributed by atoms with Gasteiger partial charge in [-0.05, 0) is 32.1 Å². The summed E-state index contributed by atoms with van der Waals surface area (Å²) in [4.78, 5) is 11.2. The van der Waals surface area contributed by atoms with E-state index in [1.807, 2.05) is 6.92 Å². The Morgan fingerprint density at radius 3 is 2.53 bits per heavy atom. The molecule has 0 unspecified atom stereocenters. The Hall–Kier alpha value is -0.810. The van der Waals surface area contributed by atoms with Crippen LogP contribution in [-0.4, -0.2) is 37.9 Å². The maximum absolute atomic E-state index is 11.2. The van der Waals surface area contributed by atoms with Crippen molar-refractivity contribution in [3.8, 4) is 0 Å². The fourth-order valence-corrected chi connectivity index (χ4v) is 1.95. The normalized spacial score (nSPS) is 24.4. The van der Waals surface area contributed by atoms with Crippen molar-refractivity contribution >= 4 is 6.03 Å². The number of urea groups is 1. The molecule has 0 radical (unpaired) electrons. The number of ether oxygens (including phenoxy) is 1. The molecule has 5 heteroatoms. The van der Waals surface area contributed by atoms with Crippen molar-refractivity contribution in [2.24, 2.45) is 5.73 Å². The molecule has 0 aromatic carbocycles. The van der Waals surface area contributed by atoms with Crippen molar-refractivity contribution in [3.63, 3.8) is 0 Å². The second-order valence-electron chi connectivity index (χ2n) is 4.59. The fraction of sp³-hybridized carbons (Fsp3) is 0.917. The summed E-state index contributed by atoms with van der Waals surface area (Å²) >= 11 is 0. The first-order valence-corrected chi connectivity index (χ1v) is 6.61. The molecule has 2 amide bonds. The molecule has 1 fully saturated rings. The number of hydrogen-bond donors (Lipinski definition) is 3. The summed E-state index contributed by atoms with van der Waals surface area (Å²) in [5.41, 5.74) is 5.82. The van der Waals surface area contributed by atoms with E-state index in [2.05, 4.69) is 10.6 Å². The van der Waals surface area contributed by atoms with Crippen LogP contribution in [0.2, 0.25) is 0 Å². The maximum Gasteiger partial charge on any atom is 0.314 e. The third kappa shape index (κ3) is 6.48. The molecule has 0 heterocycles. The predicted octanol–water partition coefficient (Wildman–Crippen LogP) is 0.982. The van der Waals surface area contributed by atoms with Crippen molar-refractivity contribution < 1.29 is 9.53 Å². The number of amides is 2. The zero-order valence-electron chi connectivity index (χ0n) is 10.7. The second kappa shape index (κ2) is 8.31. The third-order valence-electron chi connectivity index (χ3n) is 3.00. The molecule has 1 saturated carbocycles. The molecule has 17 heavy (non-hydrogen) atoms. The highest BCUT2D eigenvalue weighted by Gasteiger charge is 2.18. The Balaban J connectivity index is 1.95. The standard InChI is InChI=1S/C12H25N3O2/c1-2-7-14-12(16)15-8-9-17-11-5-3-10(13)4-6-11/h10-11H,2-9,13H2,1H3,(H2,14,15,16). The SMILES string of the molecule is CCCNC(=O)NCCOC1CCC(N)CC1. The van der Waals surface area contributed by atoms with Crippen molar-refractivity contribution in [2.75, 3.05) is 19.7 Å². The molecule has 0 aliphatic heterocycles. The van der Waals surface area contributed by atoms with Gasteiger partial charge in [0.2, 0.25) is 0 Å². The first-order chi connectivity index (χ1) is 8.22. The van der Waals surface area contributed by atoms with E-state index in [9.17, 15) is 4.79 Å². The van der Waals surface area contributed by atoms with Crippen LogP contribution in [-0.2, 0) is 4.74 Å². The van der Waals surface area contributed by atoms with Gasteiger partial charge in [-0.25, -0.2) is 4.79 Å². The number of rotatable bonds is 6. The monoisotopic (exact) mass is 243 g/mol. The van der Waals surface area contributed by atoms with Gasteiger partial charge in [0.1, 0.15) is 0 Å². The molecule has 0 aromatic rings. The highest BCUT2D eigenvalue weighted by Crippen LogP contribution is 2.19. The maximum atomic E-state index is 11.2. The predicted molar refractivity (Wildman–Crippen MR) is 67.9 cm³/mol. The van der Waals surface area contributed by atoms with E-state index in [0.29, 0.717) is 31.8 Å².